The minimum atomic E-state index is -1.17. The first-order chi connectivity index (χ1) is 15.9. The van der Waals surface area contributed by atoms with E-state index >= 15 is 0 Å². The van der Waals surface area contributed by atoms with Gasteiger partial charge in [-0.15, -0.1) is 0 Å². The first-order valence-corrected chi connectivity index (χ1v) is 10.6. The minimum absolute atomic E-state index is 0.0654. The molecule has 0 spiro atoms. The van der Waals surface area contributed by atoms with Crippen molar-refractivity contribution in [3.8, 4) is 5.75 Å². The molecular formula is C24H24F2N2O5. The molecule has 2 aliphatic heterocycles. The first kappa shape index (κ1) is 22.9. The van der Waals surface area contributed by atoms with Crippen molar-refractivity contribution >= 4 is 17.4 Å². The standard InChI is InChI=1S/C24H24F2N2O5/c1-32-19-7-6-15(25)14-17(19)22(29)20-21(16-4-2-3-5-18(16)26)28(24(31)23(20)30)9-8-27-10-12-33-13-11-27/h2-7,14,21,29H,8-13H2,1H3/t21-/m0/s1. The summed E-state index contributed by atoms with van der Waals surface area (Å²) < 4.78 is 39.3. The van der Waals surface area contributed by atoms with E-state index in [2.05, 4.69) is 4.90 Å². The van der Waals surface area contributed by atoms with Crippen LogP contribution in [0.5, 0.6) is 5.75 Å². The Kier molecular flexibility index (Phi) is 6.71. The number of hydrogen-bond donors (Lipinski definition) is 1. The van der Waals surface area contributed by atoms with E-state index < -0.39 is 35.1 Å². The Bertz CT molecular complexity index is 1100. The molecule has 2 fully saturated rings. The topological polar surface area (TPSA) is 79.3 Å². The number of hydrogen-bond acceptors (Lipinski definition) is 6. The molecule has 2 aromatic rings. The van der Waals surface area contributed by atoms with Crippen molar-refractivity contribution in [2.45, 2.75) is 6.04 Å². The van der Waals surface area contributed by atoms with Gasteiger partial charge in [0.25, 0.3) is 11.7 Å². The molecule has 2 aliphatic rings. The molecule has 2 saturated heterocycles. The lowest BCUT2D eigenvalue weighted by molar-refractivity contribution is -0.140. The highest BCUT2D eigenvalue weighted by molar-refractivity contribution is 6.46. The lowest BCUT2D eigenvalue weighted by Gasteiger charge is -2.31. The molecule has 4 rings (SSSR count). The maximum absolute atomic E-state index is 14.8. The maximum atomic E-state index is 14.8. The Morgan fingerprint density at radius 3 is 2.55 bits per heavy atom. The summed E-state index contributed by atoms with van der Waals surface area (Å²) in [5.41, 5.74) is -0.336. The fourth-order valence-corrected chi connectivity index (χ4v) is 4.22. The zero-order valence-corrected chi connectivity index (χ0v) is 18.1. The average Bonchev–Trinajstić information content (AvgIpc) is 3.08. The number of likely N-dealkylation sites (tertiary alicyclic amines) is 1. The molecule has 0 aliphatic carbocycles. The number of halogens is 2. The normalized spacial score (nSPS) is 20.9. The molecule has 1 amide bonds. The molecule has 0 unspecified atom stereocenters. The van der Waals surface area contributed by atoms with Crippen molar-refractivity contribution in [2.24, 2.45) is 0 Å². The van der Waals surface area contributed by atoms with Gasteiger partial charge in [-0.25, -0.2) is 8.78 Å². The van der Waals surface area contributed by atoms with Crippen LogP contribution in [0.25, 0.3) is 5.76 Å². The zero-order chi connectivity index (χ0) is 23.5. The average molecular weight is 458 g/mol. The van der Waals surface area contributed by atoms with Gasteiger partial charge in [0.2, 0.25) is 0 Å². The van der Waals surface area contributed by atoms with Crippen molar-refractivity contribution in [1.82, 2.24) is 9.80 Å². The molecule has 0 aromatic heterocycles. The Labute approximate surface area is 189 Å². The molecule has 0 radical (unpaired) electrons. The third-order valence-corrected chi connectivity index (χ3v) is 5.92. The minimum Gasteiger partial charge on any atom is -0.507 e. The fraction of sp³-hybridized carbons (Fsp3) is 0.333. The van der Waals surface area contributed by atoms with E-state index in [-0.39, 0.29) is 29.0 Å². The number of amides is 1. The van der Waals surface area contributed by atoms with E-state index in [1.54, 1.807) is 6.07 Å². The van der Waals surface area contributed by atoms with Crippen molar-refractivity contribution in [3.05, 3.63) is 70.8 Å². The molecule has 2 heterocycles. The summed E-state index contributed by atoms with van der Waals surface area (Å²) in [6, 6.07) is 8.05. The van der Waals surface area contributed by atoms with Gasteiger partial charge in [-0.2, -0.15) is 0 Å². The number of Topliss-reactive ketones (excluding diaryl/α,β-unsaturated/α-hetero) is 1. The van der Waals surface area contributed by atoms with Gasteiger partial charge in [0, 0.05) is 31.7 Å². The zero-order valence-electron chi connectivity index (χ0n) is 18.1. The number of rotatable bonds is 6. The number of nitrogens with zero attached hydrogens (tertiary/aromatic N) is 2. The summed E-state index contributed by atoms with van der Waals surface area (Å²) in [6.45, 7) is 3.07. The predicted molar refractivity (Wildman–Crippen MR) is 116 cm³/mol. The fourth-order valence-electron chi connectivity index (χ4n) is 4.22. The predicted octanol–water partition coefficient (Wildman–Crippen LogP) is 2.73. The molecule has 174 valence electrons. The van der Waals surface area contributed by atoms with Crippen LogP contribution >= 0.6 is 0 Å². The SMILES string of the molecule is COc1ccc(F)cc1C(O)=C1C(=O)C(=O)N(CCN2CCOCC2)[C@H]1c1ccccc1F. The summed E-state index contributed by atoms with van der Waals surface area (Å²) in [7, 11) is 1.33. The van der Waals surface area contributed by atoms with Gasteiger partial charge in [-0.05, 0) is 24.3 Å². The van der Waals surface area contributed by atoms with Crippen LogP contribution in [-0.4, -0.2) is 73.1 Å². The summed E-state index contributed by atoms with van der Waals surface area (Å²) in [6.07, 6.45) is 0. The summed E-state index contributed by atoms with van der Waals surface area (Å²) in [5, 5.41) is 11.1. The number of aliphatic hydroxyl groups excluding tert-OH is 1. The van der Waals surface area contributed by atoms with Crippen molar-refractivity contribution in [1.29, 1.82) is 0 Å². The number of morpholine rings is 1. The lowest BCUT2D eigenvalue weighted by atomic mass is 9.94. The second-order valence-electron chi connectivity index (χ2n) is 7.81. The van der Waals surface area contributed by atoms with Crippen molar-refractivity contribution in [3.63, 3.8) is 0 Å². The molecule has 0 bridgehead atoms. The van der Waals surface area contributed by atoms with Gasteiger partial charge in [0.1, 0.15) is 23.1 Å². The number of methoxy groups -OCH3 is 1. The largest absolute Gasteiger partial charge is 0.507 e. The second kappa shape index (κ2) is 9.68. The van der Waals surface area contributed by atoms with E-state index in [4.69, 9.17) is 9.47 Å². The Balaban J connectivity index is 1.80. The van der Waals surface area contributed by atoms with Crippen LogP contribution in [0.4, 0.5) is 8.78 Å². The third kappa shape index (κ3) is 4.46. The van der Waals surface area contributed by atoms with Gasteiger partial charge in [-0.3, -0.25) is 14.5 Å². The third-order valence-electron chi connectivity index (χ3n) is 5.92. The number of carbonyl (C=O) groups is 2. The summed E-state index contributed by atoms with van der Waals surface area (Å²) in [5.74, 6) is -3.62. The van der Waals surface area contributed by atoms with Crippen LogP contribution in [0.3, 0.4) is 0 Å². The summed E-state index contributed by atoms with van der Waals surface area (Å²) >= 11 is 0. The molecule has 33 heavy (non-hydrogen) atoms. The maximum Gasteiger partial charge on any atom is 0.295 e. The number of aliphatic hydroxyl groups is 1. The number of ketones is 1. The molecule has 0 saturated carbocycles. The van der Waals surface area contributed by atoms with Gasteiger partial charge in [0.15, 0.2) is 0 Å². The van der Waals surface area contributed by atoms with E-state index in [0.29, 0.717) is 32.8 Å². The Morgan fingerprint density at radius 1 is 1.12 bits per heavy atom. The first-order valence-electron chi connectivity index (χ1n) is 10.6. The summed E-state index contributed by atoms with van der Waals surface area (Å²) in [4.78, 5) is 29.4. The molecule has 2 aromatic carbocycles. The number of ether oxygens (including phenoxy) is 2. The molecule has 1 atom stereocenters. The van der Waals surface area contributed by atoms with Crippen molar-refractivity contribution in [2.75, 3.05) is 46.5 Å². The van der Waals surface area contributed by atoms with Gasteiger partial charge in [-0.1, -0.05) is 18.2 Å². The van der Waals surface area contributed by atoms with E-state index in [1.165, 1.54) is 36.3 Å². The second-order valence-corrected chi connectivity index (χ2v) is 7.81. The van der Waals surface area contributed by atoms with Crippen LogP contribution in [0.1, 0.15) is 17.2 Å². The number of benzene rings is 2. The molecule has 1 N–H and O–H groups in total. The van der Waals surface area contributed by atoms with Gasteiger partial charge in [0.05, 0.1) is 37.5 Å². The van der Waals surface area contributed by atoms with Gasteiger partial charge < -0.3 is 19.5 Å². The van der Waals surface area contributed by atoms with Crippen molar-refractivity contribution < 1.29 is 33.0 Å². The van der Waals surface area contributed by atoms with Crippen LogP contribution in [0.15, 0.2) is 48.0 Å². The highest BCUT2D eigenvalue weighted by Crippen LogP contribution is 2.41. The highest BCUT2D eigenvalue weighted by atomic mass is 19.1. The molecule has 9 heteroatoms. The van der Waals surface area contributed by atoms with Crippen LogP contribution in [-0.2, 0) is 14.3 Å². The Hall–Kier alpha value is -3.30. The lowest BCUT2D eigenvalue weighted by Crippen LogP contribution is -2.42. The van der Waals surface area contributed by atoms with Crippen LogP contribution in [0, 0.1) is 11.6 Å². The van der Waals surface area contributed by atoms with Crippen LogP contribution in [0.2, 0.25) is 0 Å². The van der Waals surface area contributed by atoms with Crippen LogP contribution < -0.4 is 4.74 Å². The van der Waals surface area contributed by atoms with Gasteiger partial charge >= 0.3 is 0 Å². The Morgan fingerprint density at radius 2 is 1.85 bits per heavy atom. The monoisotopic (exact) mass is 458 g/mol. The van der Waals surface area contributed by atoms with E-state index in [0.717, 1.165) is 12.1 Å². The van der Waals surface area contributed by atoms with E-state index in [9.17, 15) is 23.5 Å². The quantitative estimate of drug-likeness (QED) is 0.408. The van der Waals surface area contributed by atoms with E-state index in [1.807, 2.05) is 0 Å². The number of carbonyl (C=O) groups excluding carboxylic acids is 2. The highest BCUT2D eigenvalue weighted by Gasteiger charge is 2.47. The smallest absolute Gasteiger partial charge is 0.295 e. The molecule has 7 nitrogen and oxygen atoms in total. The molecular weight excluding hydrogens is 434 g/mol.